The van der Waals surface area contributed by atoms with E-state index in [9.17, 15) is 0 Å². The first kappa shape index (κ1) is 33.5. The molecular weight excluding hydrogens is 723 g/mol. The van der Waals surface area contributed by atoms with Gasteiger partial charge in [-0.3, -0.25) is 0 Å². The summed E-state index contributed by atoms with van der Waals surface area (Å²) in [5.74, 6) is 2.10. The lowest BCUT2D eigenvalue weighted by molar-refractivity contribution is 0.665. The van der Waals surface area contributed by atoms with E-state index in [1.54, 1.807) is 0 Å². The summed E-state index contributed by atoms with van der Waals surface area (Å²) in [5, 5.41) is 6.67. The van der Waals surface area contributed by atoms with Crippen LogP contribution < -0.4 is 0 Å². The van der Waals surface area contributed by atoms with Crippen LogP contribution in [-0.4, -0.2) is 15.0 Å². The lowest BCUT2D eigenvalue weighted by atomic mass is 9.80. The molecule has 3 aromatic heterocycles. The van der Waals surface area contributed by atoms with Gasteiger partial charge in [-0.25, -0.2) is 15.0 Å². The number of hydrogen-bond donors (Lipinski definition) is 0. The van der Waals surface area contributed by atoms with Crippen LogP contribution in [0.3, 0.4) is 0 Å². The number of allylic oxidation sites excluding steroid dienone is 1. The summed E-state index contributed by atoms with van der Waals surface area (Å²) in [6.07, 6.45) is 3.35. The van der Waals surface area contributed by atoms with E-state index < -0.39 is 0 Å². The van der Waals surface area contributed by atoms with E-state index in [1.165, 1.54) is 22.1 Å². The number of nitrogens with zero attached hydrogens (tertiary/aromatic N) is 3. The molecule has 0 saturated heterocycles. The van der Waals surface area contributed by atoms with Crippen LogP contribution >= 0.6 is 0 Å². The van der Waals surface area contributed by atoms with E-state index in [0.29, 0.717) is 23.4 Å². The number of furan rings is 2. The zero-order valence-corrected chi connectivity index (χ0v) is 32.2. The second-order valence-corrected chi connectivity index (χ2v) is 15.6. The molecule has 1 atom stereocenters. The van der Waals surface area contributed by atoms with Gasteiger partial charge in [0.1, 0.15) is 22.3 Å². The van der Waals surface area contributed by atoms with E-state index >= 15 is 0 Å². The Morgan fingerprint density at radius 1 is 0.458 bits per heavy atom. The van der Waals surface area contributed by atoms with Gasteiger partial charge in [0.05, 0.1) is 5.56 Å². The molecule has 0 fully saturated rings. The second-order valence-electron chi connectivity index (χ2n) is 15.6. The number of rotatable bonds is 5. The number of benzene rings is 8. The summed E-state index contributed by atoms with van der Waals surface area (Å²) in [6, 6.07) is 59.2. The summed E-state index contributed by atoms with van der Waals surface area (Å²) < 4.78 is 13.4. The van der Waals surface area contributed by atoms with E-state index in [4.69, 9.17) is 23.8 Å². The van der Waals surface area contributed by atoms with Crippen LogP contribution in [0.1, 0.15) is 23.6 Å². The molecule has 5 heteroatoms. The normalized spacial score (nSPS) is 14.1. The van der Waals surface area contributed by atoms with Crippen molar-refractivity contribution in [2.45, 2.75) is 13.3 Å². The lowest BCUT2D eigenvalue weighted by Crippen LogP contribution is -2.09. The zero-order chi connectivity index (χ0) is 39.0. The molecule has 5 nitrogen and oxygen atoms in total. The fourth-order valence-electron chi connectivity index (χ4n) is 9.05. The summed E-state index contributed by atoms with van der Waals surface area (Å²) >= 11 is 0. The molecule has 0 bridgehead atoms. The quantitative estimate of drug-likeness (QED) is 0.175. The minimum absolute atomic E-state index is 0.343. The average Bonchev–Trinajstić information content (AvgIpc) is 3.86. The van der Waals surface area contributed by atoms with Crippen molar-refractivity contribution < 1.29 is 8.83 Å². The fourth-order valence-corrected chi connectivity index (χ4v) is 9.05. The van der Waals surface area contributed by atoms with Gasteiger partial charge in [-0.05, 0) is 75.2 Å². The molecule has 3 heterocycles. The van der Waals surface area contributed by atoms with Crippen molar-refractivity contribution in [2.75, 3.05) is 0 Å². The maximum Gasteiger partial charge on any atom is 0.167 e. The summed E-state index contributed by atoms with van der Waals surface area (Å²) in [4.78, 5) is 15.2. The Hall–Kier alpha value is -7.63. The molecule has 278 valence electrons. The molecule has 0 aliphatic heterocycles. The average molecular weight is 758 g/mol. The Morgan fingerprint density at radius 2 is 1.10 bits per heavy atom. The summed E-state index contributed by atoms with van der Waals surface area (Å²) in [7, 11) is 0. The van der Waals surface area contributed by atoms with Crippen molar-refractivity contribution in [3.63, 3.8) is 0 Å². The largest absolute Gasteiger partial charge is 0.455 e. The molecule has 11 aromatic rings. The van der Waals surface area contributed by atoms with Gasteiger partial charge in [-0.2, -0.15) is 0 Å². The van der Waals surface area contributed by atoms with Crippen LogP contribution in [0.2, 0.25) is 0 Å². The third-order valence-electron chi connectivity index (χ3n) is 12.0. The van der Waals surface area contributed by atoms with Gasteiger partial charge >= 0.3 is 0 Å². The van der Waals surface area contributed by atoms with Gasteiger partial charge in [-0.1, -0.05) is 159 Å². The highest BCUT2D eigenvalue weighted by molar-refractivity contribution is 6.18. The molecule has 0 saturated carbocycles. The van der Waals surface area contributed by atoms with Crippen LogP contribution in [0.25, 0.3) is 112 Å². The summed E-state index contributed by atoms with van der Waals surface area (Å²) in [6.45, 7) is 2.32. The molecule has 0 radical (unpaired) electrons. The van der Waals surface area contributed by atoms with Crippen LogP contribution in [0, 0.1) is 5.92 Å². The van der Waals surface area contributed by atoms with Gasteiger partial charge in [0, 0.05) is 38.2 Å². The Morgan fingerprint density at radius 3 is 1.95 bits per heavy atom. The SMILES string of the molecule is CC1Cc2ccccc2C=C1c1ccc(-c2ccc(-c3nc(-c4ccccc4)nc(-c4cccc5c4oc4ccccc45)n3)cc2)c2c1oc1cc3ccccc3cc12. The zero-order valence-electron chi connectivity index (χ0n) is 32.2. The third kappa shape index (κ3) is 5.50. The Labute approximate surface area is 340 Å². The van der Waals surface area contributed by atoms with Crippen molar-refractivity contribution in [1.82, 2.24) is 15.0 Å². The molecule has 0 amide bonds. The fraction of sp³-hybridized carbons (Fsp3) is 0.0556. The van der Waals surface area contributed by atoms with E-state index in [1.807, 2.05) is 60.7 Å². The van der Waals surface area contributed by atoms with Crippen LogP contribution in [0.4, 0.5) is 0 Å². The molecule has 0 N–H and O–H groups in total. The number of fused-ring (bicyclic) bond motifs is 8. The molecule has 1 aliphatic rings. The Balaban J connectivity index is 1.02. The van der Waals surface area contributed by atoms with E-state index in [0.717, 1.165) is 89.1 Å². The highest BCUT2D eigenvalue weighted by Crippen LogP contribution is 2.45. The molecule has 12 rings (SSSR count). The predicted molar refractivity (Wildman–Crippen MR) is 241 cm³/mol. The van der Waals surface area contributed by atoms with Crippen LogP contribution in [-0.2, 0) is 6.42 Å². The topological polar surface area (TPSA) is 65.0 Å². The van der Waals surface area contributed by atoms with Crippen molar-refractivity contribution in [3.05, 3.63) is 187 Å². The number of hydrogen-bond acceptors (Lipinski definition) is 5. The van der Waals surface area contributed by atoms with Crippen molar-refractivity contribution in [1.29, 1.82) is 0 Å². The van der Waals surface area contributed by atoms with Gasteiger partial charge in [-0.15, -0.1) is 0 Å². The van der Waals surface area contributed by atoms with Gasteiger partial charge in [0.2, 0.25) is 0 Å². The molecule has 59 heavy (non-hydrogen) atoms. The minimum atomic E-state index is 0.343. The van der Waals surface area contributed by atoms with Gasteiger partial charge < -0.3 is 8.83 Å². The van der Waals surface area contributed by atoms with Gasteiger partial charge in [0.25, 0.3) is 0 Å². The molecule has 1 aliphatic carbocycles. The maximum atomic E-state index is 6.92. The van der Waals surface area contributed by atoms with Crippen molar-refractivity contribution in [3.8, 4) is 45.3 Å². The van der Waals surface area contributed by atoms with E-state index in [2.05, 4.69) is 122 Å². The standard InChI is InChI=1S/C54H35N3O2/c1-32-28-36-14-5-6-15-37(36)29-45(32)43-27-26-40(49-46-30-38-16-7-8-17-39(38)31-48(46)59-51(43)49)33-22-24-35(25-23-33)53-55-52(34-12-3-2-4-13-34)56-54(57-53)44-20-11-19-42-41-18-9-10-21-47(41)58-50(42)44/h2-27,29-32H,28H2,1H3. The molecular formula is C54H35N3O2. The Kier molecular flexibility index (Phi) is 7.51. The Bertz CT molecular complexity index is 3490. The monoisotopic (exact) mass is 757 g/mol. The first-order valence-corrected chi connectivity index (χ1v) is 20.1. The third-order valence-corrected chi connectivity index (χ3v) is 12.0. The highest BCUT2D eigenvalue weighted by atomic mass is 16.3. The highest BCUT2D eigenvalue weighted by Gasteiger charge is 2.25. The maximum absolute atomic E-state index is 6.92. The minimum Gasteiger partial charge on any atom is -0.455 e. The molecule has 1 unspecified atom stereocenters. The lowest BCUT2D eigenvalue weighted by Gasteiger charge is -2.24. The first-order chi connectivity index (χ1) is 29.1. The first-order valence-electron chi connectivity index (χ1n) is 20.1. The second kappa shape index (κ2) is 13.2. The summed E-state index contributed by atoms with van der Waals surface area (Å²) in [5.41, 5.74) is 13.3. The van der Waals surface area contributed by atoms with E-state index in [-0.39, 0.29) is 0 Å². The predicted octanol–water partition coefficient (Wildman–Crippen LogP) is 14.2. The van der Waals surface area contributed by atoms with Gasteiger partial charge in [0.15, 0.2) is 17.5 Å². The molecule has 0 spiro atoms. The number of aromatic nitrogens is 3. The van der Waals surface area contributed by atoms with Crippen molar-refractivity contribution >= 4 is 66.3 Å². The smallest absolute Gasteiger partial charge is 0.167 e. The molecule has 8 aromatic carbocycles. The van der Waals surface area contributed by atoms with Crippen molar-refractivity contribution in [2.24, 2.45) is 5.92 Å². The van der Waals surface area contributed by atoms with Crippen LogP contribution in [0.15, 0.2) is 179 Å². The number of para-hydroxylation sites is 2. The van der Waals surface area contributed by atoms with Crippen LogP contribution in [0.5, 0.6) is 0 Å².